The van der Waals surface area contributed by atoms with Crippen LogP contribution in [0.4, 0.5) is 17.6 Å². The average Bonchev–Trinajstić information content (AvgIpc) is 2.00. The first-order chi connectivity index (χ1) is 3.94. The third kappa shape index (κ3) is 0.588. The molecule has 1 saturated carbocycles. The Kier molecular flexibility index (Phi) is 1.07. The van der Waals surface area contributed by atoms with Gasteiger partial charge in [0.2, 0.25) is 0 Å². The summed E-state index contributed by atoms with van der Waals surface area (Å²) in [4.78, 5) is 0. The summed E-state index contributed by atoms with van der Waals surface area (Å²) in [6.07, 6.45) is -0.236. The molecule has 0 unspecified atom stereocenters. The van der Waals surface area contributed by atoms with Crippen molar-refractivity contribution in [1.82, 2.24) is 0 Å². The maximum atomic E-state index is 11.8. The summed E-state index contributed by atoms with van der Waals surface area (Å²) in [6.45, 7) is 1.30. The van der Waals surface area contributed by atoms with Crippen molar-refractivity contribution in [1.29, 1.82) is 0 Å². The van der Waals surface area contributed by atoms with Crippen LogP contribution in [0.5, 0.6) is 0 Å². The zero-order chi connectivity index (χ0) is 7.28. The van der Waals surface area contributed by atoms with Crippen LogP contribution in [-0.2, 0) is 0 Å². The van der Waals surface area contributed by atoms with Crippen LogP contribution in [0.1, 0.15) is 13.3 Å². The maximum Gasteiger partial charge on any atom is 0.323 e. The monoisotopic (exact) mass is 141 g/mol. The lowest BCUT2D eigenvalue weighted by Gasteiger charge is -1.87. The Bertz CT molecular complexity index is 115. The fraction of sp³-hybridized carbons (Fsp3) is 0.800. The minimum Gasteiger partial charge on any atom is -0.199 e. The first-order valence-corrected chi connectivity index (χ1v) is 2.57. The Morgan fingerprint density at radius 1 is 1.11 bits per heavy atom. The second kappa shape index (κ2) is 1.41. The molecule has 0 bridgehead atoms. The summed E-state index contributed by atoms with van der Waals surface area (Å²) in [5, 5.41) is 0. The van der Waals surface area contributed by atoms with E-state index >= 15 is 0 Å². The predicted molar refractivity (Wildman–Crippen MR) is 23.4 cm³/mol. The van der Waals surface area contributed by atoms with Gasteiger partial charge in [-0.15, -0.1) is 0 Å². The fourth-order valence-electron chi connectivity index (χ4n) is 0.788. The summed E-state index contributed by atoms with van der Waals surface area (Å²) < 4.78 is 47.1. The van der Waals surface area contributed by atoms with Gasteiger partial charge in [0.1, 0.15) is 5.92 Å². The van der Waals surface area contributed by atoms with E-state index in [0.717, 1.165) is 0 Å². The van der Waals surface area contributed by atoms with Crippen LogP contribution in [-0.4, -0.2) is 11.8 Å². The molecule has 0 aromatic heterocycles. The molecule has 0 N–H and O–H groups in total. The Hall–Kier alpha value is -0.280. The molecule has 1 rings (SSSR count). The molecule has 0 nitrogen and oxygen atoms in total. The van der Waals surface area contributed by atoms with Crippen molar-refractivity contribution in [2.75, 3.05) is 0 Å². The van der Waals surface area contributed by atoms with Crippen molar-refractivity contribution in [3.63, 3.8) is 0 Å². The molecule has 0 atom stereocenters. The van der Waals surface area contributed by atoms with Crippen molar-refractivity contribution in [3.8, 4) is 0 Å². The van der Waals surface area contributed by atoms with Crippen molar-refractivity contribution < 1.29 is 17.6 Å². The molecular formula is C5H5F4. The Balaban J connectivity index is 2.66. The SMILES string of the molecule is CC[C]1C(F)(F)C1(F)F. The molecule has 9 heavy (non-hydrogen) atoms. The number of alkyl halides is 4. The first-order valence-electron chi connectivity index (χ1n) is 2.57. The minimum atomic E-state index is -3.80. The molecule has 1 fully saturated rings. The third-order valence-electron chi connectivity index (χ3n) is 1.44. The zero-order valence-corrected chi connectivity index (χ0v) is 4.72. The van der Waals surface area contributed by atoms with E-state index in [9.17, 15) is 17.6 Å². The smallest absolute Gasteiger partial charge is 0.199 e. The van der Waals surface area contributed by atoms with Gasteiger partial charge in [-0.1, -0.05) is 6.92 Å². The molecule has 4 heteroatoms. The highest BCUT2D eigenvalue weighted by Gasteiger charge is 2.85. The highest BCUT2D eigenvalue weighted by atomic mass is 19.3. The highest BCUT2D eigenvalue weighted by Crippen LogP contribution is 2.65. The van der Waals surface area contributed by atoms with Crippen molar-refractivity contribution in [3.05, 3.63) is 5.92 Å². The summed E-state index contributed by atoms with van der Waals surface area (Å²) in [5.41, 5.74) is 0. The van der Waals surface area contributed by atoms with E-state index in [0.29, 0.717) is 0 Å². The van der Waals surface area contributed by atoms with E-state index < -0.39 is 17.8 Å². The van der Waals surface area contributed by atoms with Crippen LogP contribution < -0.4 is 0 Å². The van der Waals surface area contributed by atoms with E-state index in [2.05, 4.69) is 0 Å². The lowest BCUT2D eigenvalue weighted by atomic mass is 10.3. The van der Waals surface area contributed by atoms with Gasteiger partial charge in [-0.05, 0) is 6.42 Å². The predicted octanol–water partition coefficient (Wildman–Crippen LogP) is 2.26. The first kappa shape index (κ1) is 6.83. The third-order valence-corrected chi connectivity index (χ3v) is 1.44. The molecule has 1 aliphatic carbocycles. The lowest BCUT2D eigenvalue weighted by Crippen LogP contribution is -2.02. The molecule has 0 spiro atoms. The van der Waals surface area contributed by atoms with Crippen LogP contribution in [0.15, 0.2) is 0 Å². The van der Waals surface area contributed by atoms with Crippen molar-refractivity contribution in [2.45, 2.75) is 25.2 Å². The largest absolute Gasteiger partial charge is 0.323 e. The molecule has 0 aromatic rings. The molecule has 1 aliphatic rings. The minimum absolute atomic E-state index is 0.236. The van der Waals surface area contributed by atoms with Gasteiger partial charge >= 0.3 is 11.8 Å². The van der Waals surface area contributed by atoms with E-state index in [1.807, 2.05) is 0 Å². The van der Waals surface area contributed by atoms with Crippen LogP contribution >= 0.6 is 0 Å². The summed E-state index contributed by atoms with van der Waals surface area (Å²) >= 11 is 0. The van der Waals surface area contributed by atoms with Crippen LogP contribution in [0.25, 0.3) is 0 Å². The number of halogens is 4. The second-order valence-corrected chi connectivity index (χ2v) is 1.98. The summed E-state index contributed by atoms with van der Waals surface area (Å²) in [6, 6.07) is 0. The van der Waals surface area contributed by atoms with Gasteiger partial charge in [-0.25, -0.2) is 0 Å². The molecular weight excluding hydrogens is 136 g/mol. The summed E-state index contributed by atoms with van der Waals surface area (Å²) in [7, 11) is 0. The fourth-order valence-corrected chi connectivity index (χ4v) is 0.788. The average molecular weight is 141 g/mol. The maximum absolute atomic E-state index is 11.8. The zero-order valence-electron chi connectivity index (χ0n) is 4.72. The van der Waals surface area contributed by atoms with Crippen molar-refractivity contribution >= 4 is 0 Å². The Morgan fingerprint density at radius 3 is 1.44 bits per heavy atom. The van der Waals surface area contributed by atoms with E-state index in [1.54, 1.807) is 0 Å². The standard InChI is InChI=1S/C5H5F4/c1-2-3-4(6,7)5(3,8)9/h2H2,1H3. The van der Waals surface area contributed by atoms with Crippen LogP contribution in [0, 0.1) is 5.92 Å². The van der Waals surface area contributed by atoms with Gasteiger partial charge in [0, 0.05) is 0 Å². The van der Waals surface area contributed by atoms with E-state index in [4.69, 9.17) is 0 Å². The molecule has 0 saturated heterocycles. The van der Waals surface area contributed by atoms with Crippen LogP contribution in [0.2, 0.25) is 0 Å². The number of rotatable bonds is 1. The topological polar surface area (TPSA) is 0 Å². The second-order valence-electron chi connectivity index (χ2n) is 1.98. The number of hydrogen-bond acceptors (Lipinski definition) is 0. The molecule has 53 valence electrons. The normalized spacial score (nSPS) is 30.3. The van der Waals surface area contributed by atoms with Crippen molar-refractivity contribution in [2.24, 2.45) is 0 Å². The molecule has 0 heterocycles. The Morgan fingerprint density at radius 2 is 1.44 bits per heavy atom. The Labute approximate surface area is 49.9 Å². The molecule has 1 radical (unpaired) electrons. The number of hydrogen-bond donors (Lipinski definition) is 0. The van der Waals surface area contributed by atoms with Gasteiger partial charge < -0.3 is 0 Å². The molecule has 0 aliphatic heterocycles. The van der Waals surface area contributed by atoms with E-state index in [1.165, 1.54) is 6.92 Å². The summed E-state index contributed by atoms with van der Waals surface area (Å²) in [5.74, 6) is -8.54. The van der Waals surface area contributed by atoms with Gasteiger partial charge in [0.15, 0.2) is 0 Å². The van der Waals surface area contributed by atoms with Gasteiger partial charge in [-0.3, -0.25) is 0 Å². The molecule has 0 aromatic carbocycles. The van der Waals surface area contributed by atoms with E-state index in [-0.39, 0.29) is 6.42 Å². The van der Waals surface area contributed by atoms with Gasteiger partial charge in [-0.2, -0.15) is 17.6 Å². The van der Waals surface area contributed by atoms with Gasteiger partial charge in [0.05, 0.1) is 0 Å². The van der Waals surface area contributed by atoms with Gasteiger partial charge in [0.25, 0.3) is 0 Å². The quantitative estimate of drug-likeness (QED) is 0.491. The lowest BCUT2D eigenvalue weighted by molar-refractivity contribution is -0.0278. The van der Waals surface area contributed by atoms with Crippen LogP contribution in [0.3, 0.4) is 0 Å². The molecule has 0 amide bonds. The highest BCUT2D eigenvalue weighted by molar-refractivity contribution is 5.37.